The molecule has 0 saturated carbocycles. The summed E-state index contributed by atoms with van der Waals surface area (Å²) in [5, 5.41) is 5.60. The fraction of sp³-hybridized carbons (Fsp3) is 0.471. The van der Waals surface area contributed by atoms with E-state index in [1.165, 1.54) is 9.58 Å². The number of fused-ring (bicyclic) bond motifs is 1. The van der Waals surface area contributed by atoms with Gasteiger partial charge in [0.2, 0.25) is 0 Å². The second-order valence-corrected chi connectivity index (χ2v) is 5.52. The maximum Gasteiger partial charge on any atom is 0.328 e. The molecule has 0 aliphatic rings. The number of carbonyl (C=O) groups excluding carboxylic acids is 1. The average molecular weight is 318 g/mol. The molecule has 0 saturated heterocycles. The maximum absolute atomic E-state index is 12.4. The molecule has 0 radical (unpaired) electrons. The highest BCUT2D eigenvalue weighted by molar-refractivity contribution is 5.83. The lowest BCUT2D eigenvalue weighted by atomic mass is 10.1. The molecular formula is C17H24N3O3+. The van der Waals surface area contributed by atoms with Gasteiger partial charge in [0, 0.05) is 5.39 Å². The number of ether oxygens (including phenoxy) is 1. The van der Waals surface area contributed by atoms with Crippen molar-refractivity contribution in [3.63, 3.8) is 0 Å². The lowest BCUT2D eigenvalue weighted by Gasteiger charge is -2.15. The molecule has 1 heterocycles. The van der Waals surface area contributed by atoms with E-state index < -0.39 is 5.97 Å². The van der Waals surface area contributed by atoms with E-state index in [4.69, 9.17) is 4.74 Å². The second-order valence-electron chi connectivity index (χ2n) is 5.52. The third kappa shape index (κ3) is 4.16. The van der Waals surface area contributed by atoms with Crippen LogP contribution in [0.15, 0.2) is 29.1 Å². The molecule has 2 aromatic rings. The van der Waals surface area contributed by atoms with E-state index >= 15 is 0 Å². The lowest BCUT2D eigenvalue weighted by Crippen LogP contribution is -3.11. The van der Waals surface area contributed by atoms with Gasteiger partial charge in [-0.15, -0.1) is 0 Å². The second kappa shape index (κ2) is 7.87. The largest absolute Gasteiger partial charge is 0.458 e. The Morgan fingerprint density at radius 3 is 2.52 bits per heavy atom. The number of benzene rings is 1. The third-order valence-corrected chi connectivity index (χ3v) is 4.05. The van der Waals surface area contributed by atoms with Crippen molar-refractivity contribution in [1.82, 2.24) is 9.78 Å². The van der Waals surface area contributed by atoms with Crippen LogP contribution in [0.1, 0.15) is 19.5 Å². The number of aryl methyl sites for hydroxylation is 1. The Morgan fingerprint density at radius 1 is 1.22 bits per heavy atom. The molecule has 1 aromatic carbocycles. The SMILES string of the molecule is CC[NH+](CC)CCOC(=O)Cn1nc(C)c2ccccc2c1=O. The molecule has 0 spiro atoms. The highest BCUT2D eigenvalue weighted by Gasteiger charge is 2.12. The highest BCUT2D eigenvalue weighted by atomic mass is 16.5. The molecule has 0 aliphatic carbocycles. The van der Waals surface area contributed by atoms with Crippen LogP contribution in [-0.4, -0.2) is 42.0 Å². The van der Waals surface area contributed by atoms with E-state index in [1.54, 1.807) is 12.1 Å². The summed E-state index contributed by atoms with van der Waals surface area (Å²) in [5.74, 6) is -0.430. The molecule has 0 atom stereocenters. The van der Waals surface area contributed by atoms with Crippen molar-refractivity contribution < 1.29 is 14.4 Å². The van der Waals surface area contributed by atoms with Crippen LogP contribution in [-0.2, 0) is 16.1 Å². The molecule has 1 N–H and O–H groups in total. The van der Waals surface area contributed by atoms with Crippen LogP contribution in [0.25, 0.3) is 10.8 Å². The third-order valence-electron chi connectivity index (χ3n) is 4.05. The van der Waals surface area contributed by atoms with Crippen LogP contribution in [0.3, 0.4) is 0 Å². The summed E-state index contributed by atoms with van der Waals surface area (Å²) in [6, 6.07) is 7.27. The highest BCUT2D eigenvalue weighted by Crippen LogP contribution is 2.11. The first-order valence-electron chi connectivity index (χ1n) is 8.02. The van der Waals surface area contributed by atoms with Gasteiger partial charge in [-0.2, -0.15) is 5.10 Å². The normalized spacial score (nSPS) is 11.1. The summed E-state index contributed by atoms with van der Waals surface area (Å²) in [4.78, 5) is 25.7. The number of rotatable bonds is 7. The Kier molecular flexibility index (Phi) is 5.87. The van der Waals surface area contributed by atoms with E-state index in [0.29, 0.717) is 12.0 Å². The van der Waals surface area contributed by atoms with Gasteiger partial charge in [0.25, 0.3) is 5.56 Å². The zero-order valence-electron chi connectivity index (χ0n) is 14.0. The fourth-order valence-corrected chi connectivity index (χ4v) is 2.59. The molecule has 0 unspecified atom stereocenters. The van der Waals surface area contributed by atoms with E-state index in [9.17, 15) is 9.59 Å². The molecule has 124 valence electrons. The number of nitrogens with one attached hydrogen (secondary N) is 1. The molecular weight excluding hydrogens is 294 g/mol. The van der Waals surface area contributed by atoms with Crippen molar-refractivity contribution in [3.8, 4) is 0 Å². The summed E-state index contributed by atoms with van der Waals surface area (Å²) in [6.45, 7) is 9.00. The van der Waals surface area contributed by atoms with Crippen LogP contribution < -0.4 is 10.5 Å². The minimum atomic E-state index is -0.430. The van der Waals surface area contributed by atoms with Crippen molar-refractivity contribution in [2.45, 2.75) is 27.3 Å². The van der Waals surface area contributed by atoms with Gasteiger partial charge in [-0.25, -0.2) is 4.68 Å². The van der Waals surface area contributed by atoms with Gasteiger partial charge >= 0.3 is 5.97 Å². The van der Waals surface area contributed by atoms with E-state index in [-0.39, 0.29) is 12.1 Å². The smallest absolute Gasteiger partial charge is 0.328 e. The van der Waals surface area contributed by atoms with E-state index in [1.807, 2.05) is 19.1 Å². The van der Waals surface area contributed by atoms with Gasteiger partial charge < -0.3 is 9.64 Å². The average Bonchev–Trinajstić information content (AvgIpc) is 2.56. The van der Waals surface area contributed by atoms with Gasteiger partial charge in [0.05, 0.1) is 24.2 Å². The molecule has 6 heteroatoms. The summed E-state index contributed by atoms with van der Waals surface area (Å²) >= 11 is 0. The predicted octanol–water partition coefficient (Wildman–Crippen LogP) is 0.173. The first-order valence-corrected chi connectivity index (χ1v) is 8.02. The monoisotopic (exact) mass is 318 g/mol. The summed E-state index contributed by atoms with van der Waals surface area (Å²) < 4.78 is 6.41. The van der Waals surface area contributed by atoms with Gasteiger partial charge in [0.15, 0.2) is 0 Å². The Bertz CT molecular complexity index is 735. The number of nitrogens with zero attached hydrogens (tertiary/aromatic N) is 2. The Balaban J connectivity index is 2.06. The number of esters is 1. The Labute approximate surface area is 135 Å². The first-order chi connectivity index (χ1) is 11.1. The molecule has 0 aliphatic heterocycles. The van der Waals surface area contributed by atoms with Crippen LogP contribution in [0, 0.1) is 6.92 Å². The van der Waals surface area contributed by atoms with Gasteiger partial charge in [-0.1, -0.05) is 18.2 Å². The molecule has 23 heavy (non-hydrogen) atoms. The lowest BCUT2D eigenvalue weighted by molar-refractivity contribution is -0.896. The zero-order chi connectivity index (χ0) is 16.8. The van der Waals surface area contributed by atoms with Crippen molar-refractivity contribution in [3.05, 3.63) is 40.3 Å². The molecule has 0 amide bonds. The predicted molar refractivity (Wildman–Crippen MR) is 88.6 cm³/mol. The van der Waals surface area contributed by atoms with Crippen molar-refractivity contribution in [1.29, 1.82) is 0 Å². The maximum atomic E-state index is 12.4. The quantitative estimate of drug-likeness (QED) is 0.739. The van der Waals surface area contributed by atoms with Crippen LogP contribution in [0.2, 0.25) is 0 Å². The standard InChI is InChI=1S/C17H23N3O3/c1-4-19(5-2)10-11-23-16(21)12-20-17(22)15-9-7-6-8-14(15)13(3)18-20/h6-9H,4-5,10-12H2,1-3H3/p+1. The van der Waals surface area contributed by atoms with Crippen molar-refractivity contribution in [2.75, 3.05) is 26.2 Å². The van der Waals surface area contributed by atoms with Gasteiger partial charge in [0.1, 0.15) is 19.7 Å². The van der Waals surface area contributed by atoms with Crippen molar-refractivity contribution in [2.24, 2.45) is 0 Å². The van der Waals surface area contributed by atoms with Gasteiger partial charge in [-0.05, 0) is 26.8 Å². The molecule has 6 nitrogen and oxygen atoms in total. The Morgan fingerprint density at radius 2 is 1.87 bits per heavy atom. The topological polar surface area (TPSA) is 65.6 Å². The number of aromatic nitrogens is 2. The first kappa shape index (κ1) is 17.1. The molecule has 0 bridgehead atoms. The molecule has 2 rings (SSSR count). The van der Waals surface area contributed by atoms with Gasteiger partial charge in [-0.3, -0.25) is 9.59 Å². The minimum Gasteiger partial charge on any atom is -0.458 e. The van der Waals surface area contributed by atoms with Crippen LogP contribution in [0.5, 0.6) is 0 Å². The number of carbonyl (C=O) groups is 1. The number of hydrogen-bond acceptors (Lipinski definition) is 4. The van der Waals surface area contributed by atoms with Crippen LogP contribution in [0.4, 0.5) is 0 Å². The molecule has 0 fully saturated rings. The van der Waals surface area contributed by atoms with E-state index in [2.05, 4.69) is 18.9 Å². The summed E-state index contributed by atoms with van der Waals surface area (Å²) in [6.07, 6.45) is 0. The Hall–Kier alpha value is -2.21. The minimum absolute atomic E-state index is 0.155. The molecule has 1 aromatic heterocycles. The summed E-state index contributed by atoms with van der Waals surface area (Å²) in [5.41, 5.74) is 0.457. The number of quaternary nitrogens is 1. The zero-order valence-corrected chi connectivity index (χ0v) is 14.0. The summed E-state index contributed by atoms with van der Waals surface area (Å²) in [7, 11) is 0. The van der Waals surface area contributed by atoms with Crippen molar-refractivity contribution >= 4 is 16.7 Å². The number of likely N-dealkylation sites (N-methyl/N-ethyl adjacent to an activating group) is 1. The number of hydrogen-bond donors (Lipinski definition) is 1. The van der Waals surface area contributed by atoms with Crippen LogP contribution >= 0.6 is 0 Å². The fourth-order valence-electron chi connectivity index (χ4n) is 2.59. The van der Waals surface area contributed by atoms with E-state index in [0.717, 1.165) is 30.7 Å².